The molecule has 82 valence electrons. The highest BCUT2D eigenvalue weighted by atomic mass is 15.2. The third kappa shape index (κ3) is 1.89. The number of aryl methyl sites for hydroxylation is 1. The molecule has 4 nitrogen and oxygen atoms in total. The summed E-state index contributed by atoms with van der Waals surface area (Å²) in [5, 5.41) is 3.11. The molecule has 1 aliphatic carbocycles. The summed E-state index contributed by atoms with van der Waals surface area (Å²) >= 11 is 0. The third-order valence-corrected chi connectivity index (χ3v) is 2.90. The highest BCUT2D eigenvalue weighted by Crippen LogP contribution is 2.32. The van der Waals surface area contributed by atoms with Crippen LogP contribution in [0.15, 0.2) is 0 Å². The smallest absolute Gasteiger partial charge is 0.137 e. The number of hydrogen-bond donors (Lipinski definition) is 1. The molecular formula is C11H18N4. The highest BCUT2D eigenvalue weighted by molar-refractivity contribution is 5.58. The van der Waals surface area contributed by atoms with E-state index in [0.717, 1.165) is 23.0 Å². The zero-order valence-corrected chi connectivity index (χ0v) is 9.83. The molecule has 1 saturated carbocycles. The molecule has 0 aromatic carbocycles. The molecular weight excluding hydrogens is 188 g/mol. The minimum absolute atomic E-state index is 0.683. The van der Waals surface area contributed by atoms with Crippen molar-refractivity contribution >= 4 is 11.6 Å². The number of hydrogen-bond acceptors (Lipinski definition) is 4. The average molecular weight is 206 g/mol. The van der Waals surface area contributed by atoms with Gasteiger partial charge in [-0.1, -0.05) is 0 Å². The van der Waals surface area contributed by atoms with E-state index < -0.39 is 0 Å². The Hall–Kier alpha value is -1.32. The largest absolute Gasteiger partial charge is 0.373 e. The van der Waals surface area contributed by atoms with Crippen molar-refractivity contribution in [3.05, 3.63) is 11.4 Å². The van der Waals surface area contributed by atoms with E-state index in [9.17, 15) is 0 Å². The first-order chi connectivity index (χ1) is 7.13. The van der Waals surface area contributed by atoms with Gasteiger partial charge in [-0.15, -0.1) is 0 Å². The molecule has 1 fully saturated rings. The minimum Gasteiger partial charge on any atom is -0.373 e. The number of aromatic nitrogens is 2. The van der Waals surface area contributed by atoms with Gasteiger partial charge < -0.3 is 10.2 Å². The van der Waals surface area contributed by atoms with E-state index in [1.54, 1.807) is 0 Å². The Balaban J connectivity index is 2.40. The van der Waals surface area contributed by atoms with Crippen LogP contribution in [-0.2, 0) is 0 Å². The third-order valence-electron chi connectivity index (χ3n) is 2.90. The average Bonchev–Trinajstić information content (AvgIpc) is 3.03. The molecule has 1 aromatic heterocycles. The second-order valence-corrected chi connectivity index (χ2v) is 4.16. The lowest BCUT2D eigenvalue weighted by Crippen LogP contribution is -2.23. The van der Waals surface area contributed by atoms with Gasteiger partial charge in [-0.3, -0.25) is 0 Å². The standard InChI is InChI=1S/C11H18N4/c1-7-10(12-3)13-8(2)14-11(7)15(4)9-5-6-9/h9H,5-6H2,1-4H3,(H,12,13,14). The predicted octanol–water partition coefficient (Wildman–Crippen LogP) is 1.73. The first kappa shape index (κ1) is 10.2. The van der Waals surface area contributed by atoms with E-state index >= 15 is 0 Å². The zero-order valence-electron chi connectivity index (χ0n) is 9.83. The van der Waals surface area contributed by atoms with Gasteiger partial charge in [0.05, 0.1) is 0 Å². The van der Waals surface area contributed by atoms with Crippen LogP contribution >= 0.6 is 0 Å². The molecule has 1 aromatic rings. The molecule has 15 heavy (non-hydrogen) atoms. The molecule has 0 aliphatic heterocycles. The summed E-state index contributed by atoms with van der Waals surface area (Å²) in [5.74, 6) is 2.83. The normalized spacial score (nSPS) is 15.2. The summed E-state index contributed by atoms with van der Waals surface area (Å²) < 4.78 is 0. The van der Waals surface area contributed by atoms with Gasteiger partial charge in [0, 0.05) is 25.7 Å². The van der Waals surface area contributed by atoms with Crippen LogP contribution in [0.25, 0.3) is 0 Å². The number of rotatable bonds is 3. The second-order valence-electron chi connectivity index (χ2n) is 4.16. The summed E-state index contributed by atoms with van der Waals surface area (Å²) in [7, 11) is 4.02. The lowest BCUT2D eigenvalue weighted by molar-refractivity contribution is 0.866. The zero-order chi connectivity index (χ0) is 11.0. The fourth-order valence-electron chi connectivity index (χ4n) is 1.84. The Kier molecular flexibility index (Phi) is 2.50. The minimum atomic E-state index is 0.683. The highest BCUT2D eigenvalue weighted by Gasteiger charge is 2.28. The van der Waals surface area contributed by atoms with Crippen LogP contribution in [0.5, 0.6) is 0 Å². The first-order valence-corrected chi connectivity index (χ1v) is 5.39. The Morgan fingerprint density at radius 3 is 2.47 bits per heavy atom. The van der Waals surface area contributed by atoms with E-state index in [4.69, 9.17) is 0 Å². The molecule has 0 bridgehead atoms. The maximum absolute atomic E-state index is 4.52. The van der Waals surface area contributed by atoms with Crippen LogP contribution in [0.4, 0.5) is 11.6 Å². The van der Waals surface area contributed by atoms with Crippen LogP contribution in [0, 0.1) is 13.8 Å². The molecule has 0 unspecified atom stereocenters. The fourth-order valence-corrected chi connectivity index (χ4v) is 1.84. The molecule has 4 heteroatoms. The molecule has 0 atom stereocenters. The first-order valence-electron chi connectivity index (χ1n) is 5.39. The summed E-state index contributed by atoms with van der Waals surface area (Å²) in [6.07, 6.45) is 2.57. The molecule has 0 amide bonds. The molecule has 0 radical (unpaired) electrons. The Morgan fingerprint density at radius 1 is 1.27 bits per heavy atom. The van der Waals surface area contributed by atoms with Gasteiger partial charge in [-0.2, -0.15) is 0 Å². The van der Waals surface area contributed by atoms with Crippen molar-refractivity contribution in [3.63, 3.8) is 0 Å². The van der Waals surface area contributed by atoms with Gasteiger partial charge in [0.25, 0.3) is 0 Å². The van der Waals surface area contributed by atoms with Crippen molar-refractivity contribution < 1.29 is 0 Å². The van der Waals surface area contributed by atoms with Gasteiger partial charge in [-0.25, -0.2) is 9.97 Å². The monoisotopic (exact) mass is 206 g/mol. The van der Waals surface area contributed by atoms with Crippen LogP contribution in [-0.4, -0.2) is 30.1 Å². The molecule has 1 aliphatic rings. The maximum Gasteiger partial charge on any atom is 0.137 e. The molecule has 0 spiro atoms. The summed E-state index contributed by atoms with van der Waals surface area (Å²) in [6.45, 7) is 4.00. The van der Waals surface area contributed by atoms with Crippen molar-refractivity contribution in [3.8, 4) is 0 Å². The molecule has 0 saturated heterocycles. The van der Waals surface area contributed by atoms with Gasteiger partial charge in [0.15, 0.2) is 0 Å². The summed E-state index contributed by atoms with van der Waals surface area (Å²) in [4.78, 5) is 11.2. The second kappa shape index (κ2) is 3.68. The van der Waals surface area contributed by atoms with Crippen LogP contribution in [0.1, 0.15) is 24.2 Å². The van der Waals surface area contributed by atoms with Crippen molar-refractivity contribution in [2.45, 2.75) is 32.7 Å². The molecule has 1 N–H and O–H groups in total. The summed E-state index contributed by atoms with van der Waals surface area (Å²) in [6, 6.07) is 0.683. The van der Waals surface area contributed by atoms with Crippen molar-refractivity contribution in [2.24, 2.45) is 0 Å². The number of nitrogens with one attached hydrogen (secondary N) is 1. The predicted molar refractivity (Wildman–Crippen MR) is 62.5 cm³/mol. The van der Waals surface area contributed by atoms with Gasteiger partial charge in [-0.05, 0) is 26.7 Å². The van der Waals surface area contributed by atoms with Gasteiger partial charge in [0.1, 0.15) is 17.5 Å². The van der Waals surface area contributed by atoms with Crippen LogP contribution in [0.2, 0.25) is 0 Å². The van der Waals surface area contributed by atoms with Crippen LogP contribution in [0.3, 0.4) is 0 Å². The molecule has 2 rings (SSSR count). The molecule has 1 heterocycles. The summed E-state index contributed by atoms with van der Waals surface area (Å²) in [5.41, 5.74) is 1.14. The van der Waals surface area contributed by atoms with E-state index in [0.29, 0.717) is 6.04 Å². The SMILES string of the molecule is CNc1nc(C)nc(N(C)C2CC2)c1C. The van der Waals surface area contributed by atoms with E-state index in [1.165, 1.54) is 12.8 Å². The lowest BCUT2D eigenvalue weighted by Gasteiger charge is -2.21. The van der Waals surface area contributed by atoms with E-state index in [-0.39, 0.29) is 0 Å². The maximum atomic E-state index is 4.52. The lowest BCUT2D eigenvalue weighted by atomic mass is 10.3. The Bertz CT molecular complexity index is 371. The van der Waals surface area contributed by atoms with E-state index in [1.807, 2.05) is 14.0 Å². The quantitative estimate of drug-likeness (QED) is 0.817. The van der Waals surface area contributed by atoms with E-state index in [2.05, 4.69) is 34.2 Å². The van der Waals surface area contributed by atoms with Gasteiger partial charge >= 0.3 is 0 Å². The van der Waals surface area contributed by atoms with Crippen molar-refractivity contribution in [1.29, 1.82) is 0 Å². The number of anilines is 2. The van der Waals surface area contributed by atoms with Crippen LogP contribution < -0.4 is 10.2 Å². The van der Waals surface area contributed by atoms with Crippen molar-refractivity contribution in [1.82, 2.24) is 9.97 Å². The fraction of sp³-hybridized carbons (Fsp3) is 0.636. The number of nitrogens with zero attached hydrogens (tertiary/aromatic N) is 3. The Morgan fingerprint density at radius 2 is 1.93 bits per heavy atom. The van der Waals surface area contributed by atoms with Crippen molar-refractivity contribution in [2.75, 3.05) is 24.3 Å². The van der Waals surface area contributed by atoms with Gasteiger partial charge in [0.2, 0.25) is 0 Å². The topological polar surface area (TPSA) is 41.1 Å². The Labute approximate surface area is 90.7 Å².